The van der Waals surface area contributed by atoms with Crippen molar-refractivity contribution in [3.63, 3.8) is 0 Å². The first-order valence-corrected chi connectivity index (χ1v) is 10.8. The Balaban J connectivity index is 1.59. The molecular formula is C17H15ClN4O3S2. The molecule has 2 heterocycles. The molecule has 0 bridgehead atoms. The number of aromatic nitrogens is 2. The number of nitrogens with zero attached hydrogens (tertiary/aromatic N) is 1. The van der Waals surface area contributed by atoms with Gasteiger partial charge in [-0.3, -0.25) is 9.89 Å². The van der Waals surface area contributed by atoms with Gasteiger partial charge in [-0.2, -0.15) is 5.10 Å². The van der Waals surface area contributed by atoms with Gasteiger partial charge in [0.05, 0.1) is 10.6 Å². The molecule has 7 nitrogen and oxygen atoms in total. The SMILES string of the molecule is Nc1c(S(=O)(=O)c2ccc(Cl)cc2)csc1C(=O)Nc1cc(C2CC2)[nH]n1. The number of amides is 1. The van der Waals surface area contributed by atoms with Crippen LogP contribution in [0.4, 0.5) is 11.5 Å². The van der Waals surface area contributed by atoms with Crippen molar-refractivity contribution in [2.24, 2.45) is 0 Å². The summed E-state index contributed by atoms with van der Waals surface area (Å²) in [7, 11) is -3.85. The van der Waals surface area contributed by atoms with Crippen LogP contribution in [0.5, 0.6) is 0 Å². The zero-order valence-electron chi connectivity index (χ0n) is 13.9. The van der Waals surface area contributed by atoms with Crippen LogP contribution >= 0.6 is 22.9 Å². The second-order valence-corrected chi connectivity index (χ2v) is 9.47. The molecular weight excluding hydrogens is 408 g/mol. The lowest BCUT2D eigenvalue weighted by Gasteiger charge is -2.05. The van der Waals surface area contributed by atoms with E-state index >= 15 is 0 Å². The summed E-state index contributed by atoms with van der Waals surface area (Å²) in [6, 6.07) is 7.55. The normalized spacial score (nSPS) is 14.3. The van der Waals surface area contributed by atoms with Gasteiger partial charge in [0.15, 0.2) is 5.82 Å². The second-order valence-electron chi connectivity index (χ2n) is 6.24. The standard InChI is InChI=1S/C17H15ClN4O3S2/c18-10-3-5-11(6-4-10)27(24,25)13-8-26-16(15(13)19)17(23)20-14-7-12(21-22-14)9-1-2-9/h3-9H,1-2,19H2,(H2,20,21,22,23). The molecule has 1 aromatic carbocycles. The fourth-order valence-electron chi connectivity index (χ4n) is 2.65. The number of nitrogens with two attached hydrogens (primary N) is 1. The van der Waals surface area contributed by atoms with Crippen molar-refractivity contribution in [1.29, 1.82) is 0 Å². The van der Waals surface area contributed by atoms with Crippen LogP contribution in [0.25, 0.3) is 0 Å². The summed E-state index contributed by atoms with van der Waals surface area (Å²) in [5.74, 6) is 0.367. The molecule has 1 amide bonds. The molecule has 0 atom stereocenters. The summed E-state index contributed by atoms with van der Waals surface area (Å²) in [6.45, 7) is 0. The zero-order chi connectivity index (χ0) is 19.2. The van der Waals surface area contributed by atoms with E-state index < -0.39 is 15.7 Å². The van der Waals surface area contributed by atoms with E-state index in [0.717, 1.165) is 29.9 Å². The van der Waals surface area contributed by atoms with E-state index in [1.165, 1.54) is 29.6 Å². The number of aromatic amines is 1. The molecule has 0 unspecified atom stereocenters. The number of H-pyrrole nitrogens is 1. The number of nitrogen functional groups attached to an aromatic ring is 1. The van der Waals surface area contributed by atoms with Crippen LogP contribution in [0.2, 0.25) is 5.02 Å². The first-order chi connectivity index (χ1) is 12.9. The third-order valence-corrected chi connectivity index (χ3v) is 7.48. The molecule has 4 N–H and O–H groups in total. The predicted molar refractivity (Wildman–Crippen MR) is 104 cm³/mol. The van der Waals surface area contributed by atoms with Gasteiger partial charge in [-0.25, -0.2) is 8.42 Å². The Morgan fingerprint density at radius 1 is 1.30 bits per heavy atom. The molecule has 0 saturated heterocycles. The van der Waals surface area contributed by atoms with E-state index in [9.17, 15) is 13.2 Å². The van der Waals surface area contributed by atoms with Gasteiger partial charge in [-0.15, -0.1) is 11.3 Å². The van der Waals surface area contributed by atoms with Crippen molar-refractivity contribution in [2.75, 3.05) is 11.1 Å². The van der Waals surface area contributed by atoms with Gasteiger partial charge in [-0.05, 0) is 37.1 Å². The number of sulfone groups is 1. The van der Waals surface area contributed by atoms with E-state index in [1.54, 1.807) is 6.07 Å². The Bertz CT molecular complexity index is 1120. The Morgan fingerprint density at radius 3 is 2.67 bits per heavy atom. The maximum atomic E-state index is 12.8. The molecule has 1 fully saturated rings. The summed E-state index contributed by atoms with van der Waals surface area (Å²) >= 11 is 6.78. The number of hydrogen-bond acceptors (Lipinski definition) is 6. The van der Waals surface area contributed by atoms with Crippen LogP contribution in [0, 0.1) is 0 Å². The summed E-state index contributed by atoms with van der Waals surface area (Å²) in [5.41, 5.74) is 6.89. The second kappa shape index (κ2) is 6.66. The van der Waals surface area contributed by atoms with Crippen molar-refractivity contribution in [1.82, 2.24) is 10.2 Å². The third kappa shape index (κ3) is 3.45. The van der Waals surface area contributed by atoms with Gasteiger partial charge >= 0.3 is 0 Å². The minimum atomic E-state index is -3.85. The number of carbonyl (C=O) groups excluding carboxylic acids is 1. The maximum Gasteiger partial charge on any atom is 0.269 e. The molecule has 140 valence electrons. The fourth-order valence-corrected chi connectivity index (χ4v) is 5.38. The highest BCUT2D eigenvalue weighted by Crippen LogP contribution is 2.39. The number of nitrogens with one attached hydrogen (secondary N) is 2. The van der Waals surface area contributed by atoms with E-state index in [0.29, 0.717) is 16.8 Å². The summed E-state index contributed by atoms with van der Waals surface area (Å²) in [5, 5.41) is 11.4. The fraction of sp³-hybridized carbons (Fsp3) is 0.176. The quantitative estimate of drug-likeness (QED) is 0.579. The van der Waals surface area contributed by atoms with Crippen LogP contribution in [-0.2, 0) is 9.84 Å². The van der Waals surface area contributed by atoms with Crippen LogP contribution in [0.3, 0.4) is 0 Å². The van der Waals surface area contributed by atoms with E-state index in [2.05, 4.69) is 15.5 Å². The lowest BCUT2D eigenvalue weighted by atomic mass is 10.3. The minimum Gasteiger partial charge on any atom is -0.396 e. The highest BCUT2D eigenvalue weighted by molar-refractivity contribution is 7.91. The number of anilines is 2. The monoisotopic (exact) mass is 422 g/mol. The minimum absolute atomic E-state index is 0.0599. The molecule has 1 aliphatic carbocycles. The van der Waals surface area contributed by atoms with Crippen LogP contribution < -0.4 is 11.1 Å². The Morgan fingerprint density at radius 2 is 2.00 bits per heavy atom. The summed E-state index contributed by atoms with van der Waals surface area (Å²) in [4.78, 5) is 12.6. The molecule has 0 radical (unpaired) electrons. The molecule has 1 aliphatic rings. The number of halogens is 1. The Hall–Kier alpha value is -2.36. The predicted octanol–water partition coefficient (Wildman–Crippen LogP) is 3.67. The van der Waals surface area contributed by atoms with Gasteiger partial charge < -0.3 is 11.1 Å². The van der Waals surface area contributed by atoms with Gasteiger partial charge in [0.25, 0.3) is 5.91 Å². The molecule has 0 aliphatic heterocycles. The van der Waals surface area contributed by atoms with Crippen molar-refractivity contribution in [3.05, 3.63) is 51.3 Å². The van der Waals surface area contributed by atoms with Crippen LogP contribution in [0.1, 0.15) is 34.1 Å². The Labute approximate surface area is 164 Å². The average Bonchev–Trinajstić information content (AvgIpc) is 3.25. The molecule has 27 heavy (non-hydrogen) atoms. The molecule has 10 heteroatoms. The number of hydrogen-bond donors (Lipinski definition) is 3. The average molecular weight is 423 g/mol. The molecule has 2 aromatic heterocycles. The van der Waals surface area contributed by atoms with Crippen LogP contribution in [0.15, 0.2) is 45.5 Å². The topological polar surface area (TPSA) is 118 Å². The summed E-state index contributed by atoms with van der Waals surface area (Å²) in [6.07, 6.45) is 2.22. The lowest BCUT2D eigenvalue weighted by Crippen LogP contribution is -2.13. The number of benzene rings is 1. The van der Waals surface area contributed by atoms with Gasteiger partial charge in [0.1, 0.15) is 9.77 Å². The molecule has 0 spiro atoms. The lowest BCUT2D eigenvalue weighted by molar-refractivity contribution is 0.103. The van der Waals surface area contributed by atoms with Crippen molar-refractivity contribution < 1.29 is 13.2 Å². The zero-order valence-corrected chi connectivity index (χ0v) is 16.3. The third-order valence-electron chi connectivity index (χ3n) is 4.27. The van der Waals surface area contributed by atoms with Crippen molar-refractivity contribution in [2.45, 2.75) is 28.6 Å². The highest BCUT2D eigenvalue weighted by atomic mass is 35.5. The van der Waals surface area contributed by atoms with E-state index in [-0.39, 0.29) is 20.4 Å². The van der Waals surface area contributed by atoms with Gasteiger partial charge in [-0.1, -0.05) is 11.6 Å². The van der Waals surface area contributed by atoms with E-state index in [4.69, 9.17) is 17.3 Å². The van der Waals surface area contributed by atoms with Crippen LogP contribution in [-0.4, -0.2) is 24.5 Å². The van der Waals surface area contributed by atoms with E-state index in [1.807, 2.05) is 0 Å². The maximum absolute atomic E-state index is 12.8. The highest BCUT2D eigenvalue weighted by Gasteiger charge is 2.28. The molecule has 4 rings (SSSR count). The smallest absolute Gasteiger partial charge is 0.269 e. The Kier molecular flexibility index (Phi) is 4.45. The number of carbonyl (C=O) groups is 1. The van der Waals surface area contributed by atoms with Gasteiger partial charge in [0.2, 0.25) is 9.84 Å². The van der Waals surface area contributed by atoms with Gasteiger partial charge in [0, 0.05) is 28.1 Å². The number of rotatable bonds is 5. The largest absolute Gasteiger partial charge is 0.396 e. The number of thiophene rings is 1. The first-order valence-electron chi connectivity index (χ1n) is 8.10. The van der Waals surface area contributed by atoms with Crippen molar-refractivity contribution in [3.8, 4) is 0 Å². The molecule has 1 saturated carbocycles. The molecule has 3 aromatic rings. The summed E-state index contributed by atoms with van der Waals surface area (Å²) < 4.78 is 25.6. The van der Waals surface area contributed by atoms with Crippen molar-refractivity contribution >= 4 is 50.2 Å². The first kappa shape index (κ1) is 18.0.